The molecule has 187 valence electrons. The summed E-state index contributed by atoms with van der Waals surface area (Å²) in [5.74, 6) is 0.104. The van der Waals surface area contributed by atoms with E-state index >= 15 is 0 Å². The zero-order valence-corrected chi connectivity index (χ0v) is 24.1. The minimum atomic E-state index is -0.417. The summed E-state index contributed by atoms with van der Waals surface area (Å²) in [5.41, 5.74) is 5.36. The minimum Gasteiger partial charge on any atom is -0.512 e. The molecule has 4 rings (SSSR count). The number of aliphatic hydroxyl groups is 1. The normalized spacial score (nSPS) is 12.2. The Balaban J connectivity index is 0.000000271. The molecule has 0 bridgehead atoms. The van der Waals surface area contributed by atoms with Gasteiger partial charge in [0.25, 0.3) is 0 Å². The first kappa shape index (κ1) is 28.5. The van der Waals surface area contributed by atoms with E-state index in [1.165, 1.54) is 11.6 Å². The Morgan fingerprint density at radius 1 is 0.971 bits per heavy atom. The third-order valence-electron chi connectivity index (χ3n) is 5.48. The number of pyridine rings is 1. The van der Waals surface area contributed by atoms with Crippen molar-refractivity contribution in [3.8, 4) is 11.3 Å². The monoisotopic (exact) mass is 649 g/mol. The van der Waals surface area contributed by atoms with Crippen LogP contribution in [0.25, 0.3) is 33.1 Å². The third-order valence-corrected chi connectivity index (χ3v) is 5.48. The van der Waals surface area contributed by atoms with E-state index in [4.69, 9.17) is 9.40 Å². The van der Waals surface area contributed by atoms with E-state index in [-0.39, 0.29) is 37.1 Å². The van der Waals surface area contributed by atoms with Crippen molar-refractivity contribution >= 4 is 27.7 Å². The van der Waals surface area contributed by atoms with Gasteiger partial charge in [0, 0.05) is 47.8 Å². The molecule has 0 unspecified atom stereocenters. The van der Waals surface area contributed by atoms with Gasteiger partial charge in [-0.05, 0) is 23.9 Å². The van der Waals surface area contributed by atoms with E-state index in [0.29, 0.717) is 0 Å². The smallest absolute Gasteiger partial charge is 0.164 e. The molecule has 0 aliphatic rings. The quantitative estimate of drug-likeness (QED) is 0.135. The summed E-state index contributed by atoms with van der Waals surface area (Å²) in [4.78, 5) is 16.3. The fraction of sp³-hybridized carbons (Fsp3) is 0.333. The fourth-order valence-corrected chi connectivity index (χ4v) is 3.43. The first-order chi connectivity index (χ1) is 15.8. The van der Waals surface area contributed by atoms with Gasteiger partial charge in [0.05, 0.1) is 11.8 Å². The van der Waals surface area contributed by atoms with Gasteiger partial charge in [0.2, 0.25) is 0 Å². The van der Waals surface area contributed by atoms with Gasteiger partial charge in [-0.2, -0.15) is 0 Å². The Kier molecular flexibility index (Phi) is 8.86. The van der Waals surface area contributed by atoms with Crippen LogP contribution in [-0.2, 0) is 24.9 Å². The zero-order valence-electron chi connectivity index (χ0n) is 21.7. The van der Waals surface area contributed by atoms with Crippen LogP contribution in [0, 0.1) is 30.7 Å². The van der Waals surface area contributed by atoms with E-state index < -0.39 is 5.41 Å². The number of para-hydroxylation sites is 1. The molecule has 1 N–H and O–H groups in total. The summed E-state index contributed by atoms with van der Waals surface area (Å²) >= 11 is 0. The van der Waals surface area contributed by atoms with Crippen LogP contribution in [0.1, 0.15) is 52.7 Å². The molecule has 2 aromatic heterocycles. The number of hydrogen-bond donors (Lipinski definition) is 1. The standard InChI is InChI=1S/C19H14NO.C11H20O2.Ir/c1-12-9-13(2)11-14(10-12)18-16-7-8-21-19(16)15-5-3-4-6-17(15)20-18;1-10(2,3)8(12)7-9(13)11(4,5)6;/h3-10H,1-2H3;7,12H,1-6H3;/q-1;;/b;8-7-;. The molecule has 0 aliphatic carbocycles. The van der Waals surface area contributed by atoms with Crippen molar-refractivity contribution in [1.82, 2.24) is 4.98 Å². The molecule has 0 saturated heterocycles. The number of carbonyl (C=O) groups excluding carboxylic acids is 1. The fourth-order valence-electron chi connectivity index (χ4n) is 3.43. The number of aliphatic hydroxyl groups excluding tert-OH is 1. The van der Waals surface area contributed by atoms with Crippen LogP contribution in [-0.4, -0.2) is 15.9 Å². The van der Waals surface area contributed by atoms with Gasteiger partial charge < -0.3 is 9.52 Å². The molecule has 0 fully saturated rings. The largest absolute Gasteiger partial charge is 0.512 e. The van der Waals surface area contributed by atoms with Gasteiger partial charge in [-0.15, -0.1) is 34.9 Å². The van der Waals surface area contributed by atoms with Crippen LogP contribution in [0.2, 0.25) is 0 Å². The predicted molar refractivity (Wildman–Crippen MR) is 140 cm³/mol. The summed E-state index contributed by atoms with van der Waals surface area (Å²) in [5, 5.41) is 11.6. The van der Waals surface area contributed by atoms with Crippen molar-refractivity contribution < 1.29 is 34.4 Å². The Labute approximate surface area is 221 Å². The first-order valence-corrected chi connectivity index (χ1v) is 11.5. The van der Waals surface area contributed by atoms with Crippen molar-refractivity contribution in [2.24, 2.45) is 10.8 Å². The molecular weight excluding hydrogens is 615 g/mol. The molecule has 0 atom stereocenters. The van der Waals surface area contributed by atoms with E-state index in [1.807, 2.05) is 71.9 Å². The average Bonchev–Trinajstić information content (AvgIpc) is 3.21. The molecule has 0 amide bonds. The SMILES string of the molecule is CC(C)(C)C(=O)/C=C(\O)C(C)(C)C.Cc1[c-]c(-c2nc3ccccc3c3occc23)cc(C)c1.[Ir]. The van der Waals surface area contributed by atoms with E-state index in [0.717, 1.165) is 38.7 Å². The van der Waals surface area contributed by atoms with Gasteiger partial charge >= 0.3 is 0 Å². The summed E-state index contributed by atoms with van der Waals surface area (Å²) < 4.78 is 5.70. The Morgan fingerprint density at radius 2 is 1.63 bits per heavy atom. The number of hydrogen-bond acceptors (Lipinski definition) is 4. The van der Waals surface area contributed by atoms with Crippen LogP contribution < -0.4 is 0 Å². The molecule has 35 heavy (non-hydrogen) atoms. The minimum absolute atomic E-state index is 0. The third kappa shape index (κ3) is 6.90. The van der Waals surface area contributed by atoms with Gasteiger partial charge in [0.1, 0.15) is 11.3 Å². The Morgan fingerprint density at radius 3 is 2.23 bits per heavy atom. The molecule has 1 radical (unpaired) electrons. The Bertz CT molecular complexity index is 1350. The van der Waals surface area contributed by atoms with Gasteiger partial charge in [0.15, 0.2) is 5.78 Å². The molecule has 0 aliphatic heterocycles. The van der Waals surface area contributed by atoms with Crippen molar-refractivity contribution in [2.75, 3.05) is 0 Å². The molecular formula is C30H34IrNO3-. The second kappa shape index (κ2) is 10.9. The van der Waals surface area contributed by atoms with Gasteiger partial charge in [-0.1, -0.05) is 67.5 Å². The summed E-state index contributed by atoms with van der Waals surface area (Å²) in [6, 6.07) is 17.7. The number of furan rings is 1. The van der Waals surface area contributed by atoms with Crippen LogP contribution >= 0.6 is 0 Å². The second-order valence-corrected chi connectivity index (χ2v) is 10.8. The molecule has 2 heterocycles. The summed E-state index contributed by atoms with van der Waals surface area (Å²) in [7, 11) is 0. The van der Waals surface area contributed by atoms with E-state index in [1.54, 1.807) is 6.26 Å². The number of allylic oxidation sites excluding steroid dienone is 2. The molecule has 4 nitrogen and oxygen atoms in total. The maximum absolute atomic E-state index is 11.5. The number of ketones is 1. The zero-order chi connectivity index (χ0) is 25.3. The number of nitrogens with zero attached hydrogens (tertiary/aromatic N) is 1. The van der Waals surface area contributed by atoms with Crippen molar-refractivity contribution in [3.05, 3.63) is 77.8 Å². The first-order valence-electron chi connectivity index (χ1n) is 11.5. The van der Waals surface area contributed by atoms with Crippen molar-refractivity contribution in [3.63, 3.8) is 0 Å². The molecule has 0 saturated carbocycles. The van der Waals surface area contributed by atoms with Crippen LogP contribution in [0.5, 0.6) is 0 Å². The second-order valence-electron chi connectivity index (χ2n) is 10.8. The topological polar surface area (TPSA) is 63.3 Å². The Hall–Kier alpha value is -2.75. The molecule has 5 heteroatoms. The predicted octanol–water partition coefficient (Wildman–Crippen LogP) is 8.15. The van der Waals surface area contributed by atoms with Crippen molar-refractivity contribution in [1.29, 1.82) is 0 Å². The van der Waals surface area contributed by atoms with Gasteiger partial charge in [-0.25, -0.2) is 0 Å². The maximum Gasteiger partial charge on any atom is 0.164 e. The van der Waals surface area contributed by atoms with Crippen molar-refractivity contribution in [2.45, 2.75) is 55.4 Å². The number of aromatic nitrogens is 1. The number of carbonyl (C=O) groups is 1. The van der Waals surface area contributed by atoms with E-state index in [2.05, 4.69) is 32.0 Å². The molecule has 2 aromatic carbocycles. The number of rotatable bonds is 2. The number of fused-ring (bicyclic) bond motifs is 3. The summed E-state index contributed by atoms with van der Waals surface area (Å²) in [6.45, 7) is 15.3. The molecule has 4 aromatic rings. The van der Waals surface area contributed by atoms with Crippen LogP contribution in [0.4, 0.5) is 0 Å². The average molecular weight is 649 g/mol. The van der Waals surface area contributed by atoms with Gasteiger partial charge in [-0.3, -0.25) is 9.78 Å². The number of benzene rings is 2. The van der Waals surface area contributed by atoms with Crippen LogP contribution in [0.15, 0.2) is 65.0 Å². The number of aryl methyl sites for hydroxylation is 2. The summed E-state index contributed by atoms with van der Waals surface area (Å²) in [6.07, 6.45) is 3.06. The van der Waals surface area contributed by atoms with E-state index in [9.17, 15) is 9.90 Å². The molecule has 0 spiro atoms. The van der Waals surface area contributed by atoms with Crippen LogP contribution in [0.3, 0.4) is 0 Å². The maximum atomic E-state index is 11.5.